The molecule has 194 valence electrons. The summed E-state index contributed by atoms with van der Waals surface area (Å²) in [5.41, 5.74) is 4.38. The van der Waals surface area contributed by atoms with Gasteiger partial charge in [-0.05, 0) is 57.4 Å². The minimum Gasteiger partial charge on any atom is -0.388 e. The Kier molecular flexibility index (Phi) is 11.2. The SMILES string of the molecule is CCC/C=C/C(=C\C(NC(=O)/C1=C(/C)C=NC(c2cnn(C(F)F)c2)=CC(CC)N=C1)=C(C)C)NC. The van der Waals surface area contributed by atoms with Crippen LogP contribution in [-0.2, 0) is 4.79 Å². The minimum atomic E-state index is -2.74. The molecule has 1 aliphatic heterocycles. The predicted molar refractivity (Wildman–Crippen MR) is 143 cm³/mol. The molecule has 1 amide bonds. The monoisotopic (exact) mass is 498 g/mol. The first-order valence-electron chi connectivity index (χ1n) is 12.1. The molecule has 0 spiro atoms. The van der Waals surface area contributed by atoms with Crippen molar-refractivity contribution in [3.63, 3.8) is 0 Å². The van der Waals surface area contributed by atoms with Crippen LogP contribution in [0.2, 0.25) is 0 Å². The minimum absolute atomic E-state index is 0.289. The molecular weight excluding hydrogens is 462 g/mol. The second-order valence-electron chi connectivity index (χ2n) is 8.56. The highest BCUT2D eigenvalue weighted by atomic mass is 19.3. The van der Waals surface area contributed by atoms with E-state index in [2.05, 4.69) is 38.7 Å². The van der Waals surface area contributed by atoms with Crippen LogP contribution in [-0.4, -0.2) is 41.2 Å². The number of nitrogens with one attached hydrogen (secondary N) is 2. The maximum atomic E-state index is 13.3. The van der Waals surface area contributed by atoms with Crippen LogP contribution >= 0.6 is 0 Å². The molecule has 0 saturated heterocycles. The number of aliphatic imine (C=N–C) groups is 2. The van der Waals surface area contributed by atoms with Gasteiger partial charge in [-0.15, -0.1) is 0 Å². The summed E-state index contributed by atoms with van der Waals surface area (Å²) in [5.74, 6) is -0.313. The van der Waals surface area contributed by atoms with E-state index in [-0.39, 0.29) is 11.9 Å². The van der Waals surface area contributed by atoms with E-state index in [4.69, 9.17) is 0 Å². The molecule has 1 unspecified atom stereocenters. The number of aromatic nitrogens is 2. The van der Waals surface area contributed by atoms with Gasteiger partial charge in [-0.1, -0.05) is 31.9 Å². The largest absolute Gasteiger partial charge is 0.388 e. The molecule has 9 heteroatoms. The van der Waals surface area contributed by atoms with Crippen LogP contribution in [0.5, 0.6) is 0 Å². The Bertz CT molecular complexity index is 1130. The van der Waals surface area contributed by atoms with Gasteiger partial charge in [0.2, 0.25) is 0 Å². The van der Waals surface area contributed by atoms with E-state index in [0.29, 0.717) is 39.2 Å². The summed E-state index contributed by atoms with van der Waals surface area (Å²) < 4.78 is 26.6. The van der Waals surface area contributed by atoms with Gasteiger partial charge in [-0.2, -0.15) is 13.9 Å². The van der Waals surface area contributed by atoms with Crippen molar-refractivity contribution < 1.29 is 13.6 Å². The second-order valence-corrected chi connectivity index (χ2v) is 8.56. The number of nitrogens with zero attached hydrogens (tertiary/aromatic N) is 4. The highest BCUT2D eigenvalue weighted by Gasteiger charge is 2.16. The molecule has 0 saturated carbocycles. The van der Waals surface area contributed by atoms with Crippen LogP contribution < -0.4 is 10.6 Å². The molecule has 2 N–H and O–H groups in total. The van der Waals surface area contributed by atoms with E-state index in [9.17, 15) is 13.6 Å². The summed E-state index contributed by atoms with van der Waals surface area (Å²) in [6.07, 6.45) is 16.1. The molecule has 0 fully saturated rings. The summed E-state index contributed by atoms with van der Waals surface area (Å²) in [7, 11) is 1.83. The van der Waals surface area contributed by atoms with Crippen LogP contribution in [0, 0.1) is 0 Å². The fraction of sp³-hybridized carbons (Fsp3) is 0.407. The van der Waals surface area contributed by atoms with Crippen LogP contribution in [0.4, 0.5) is 8.78 Å². The first kappa shape index (κ1) is 28.6. The van der Waals surface area contributed by atoms with Crippen molar-refractivity contribution in [2.24, 2.45) is 9.98 Å². The van der Waals surface area contributed by atoms with Crippen LogP contribution in [0.15, 0.2) is 74.8 Å². The van der Waals surface area contributed by atoms with E-state index in [1.165, 1.54) is 12.4 Å². The molecule has 36 heavy (non-hydrogen) atoms. The summed E-state index contributed by atoms with van der Waals surface area (Å²) >= 11 is 0. The second kappa shape index (κ2) is 14.1. The Balaban J connectivity index is 2.38. The molecule has 2 rings (SSSR count). The quantitative estimate of drug-likeness (QED) is 0.404. The lowest BCUT2D eigenvalue weighted by molar-refractivity contribution is -0.116. The Morgan fingerprint density at radius 1 is 1.25 bits per heavy atom. The van der Waals surface area contributed by atoms with Crippen LogP contribution in [0.25, 0.3) is 5.70 Å². The van der Waals surface area contributed by atoms with Crippen LogP contribution in [0.3, 0.4) is 0 Å². The molecule has 0 radical (unpaired) electrons. The lowest BCUT2D eigenvalue weighted by Gasteiger charge is -2.12. The molecule has 2 heterocycles. The zero-order valence-electron chi connectivity index (χ0n) is 21.8. The van der Waals surface area contributed by atoms with Gasteiger partial charge < -0.3 is 10.6 Å². The van der Waals surface area contributed by atoms with Gasteiger partial charge in [0.25, 0.3) is 5.91 Å². The van der Waals surface area contributed by atoms with E-state index in [1.54, 1.807) is 25.4 Å². The van der Waals surface area contributed by atoms with Gasteiger partial charge in [0.05, 0.1) is 23.5 Å². The average molecular weight is 499 g/mol. The van der Waals surface area contributed by atoms with Crippen molar-refractivity contribution in [3.05, 3.63) is 70.4 Å². The number of carbonyl (C=O) groups excluding carboxylic acids is 1. The zero-order valence-corrected chi connectivity index (χ0v) is 21.8. The zero-order chi connectivity index (χ0) is 26.7. The molecular formula is C27H36F2N6O. The molecule has 0 aliphatic carbocycles. The standard InChI is InChI=1S/C27H36F2N6O/c1-7-9-10-11-22(30-6)13-24(18(3)4)34-26(36)23-16-31-21(8-2)12-25(32-14-19(23)5)20-15-33-35(17-20)27(28)29/h10-17,21,27,30H,7-9H2,1-6H3,(H,34,36)/b11-10+,22-13+,23-19-,25-12?,31-16?,32-14?. The van der Waals surface area contributed by atoms with Gasteiger partial charge in [0.15, 0.2) is 0 Å². The maximum Gasteiger partial charge on any atom is 0.333 e. The van der Waals surface area contributed by atoms with E-state index in [0.717, 1.165) is 24.1 Å². The molecule has 0 bridgehead atoms. The highest BCUT2D eigenvalue weighted by Crippen LogP contribution is 2.22. The number of rotatable bonds is 10. The third-order valence-electron chi connectivity index (χ3n) is 5.46. The lowest BCUT2D eigenvalue weighted by atomic mass is 10.1. The van der Waals surface area contributed by atoms with Gasteiger partial charge in [-0.3, -0.25) is 14.8 Å². The molecule has 1 atom stereocenters. The molecule has 0 aromatic carbocycles. The van der Waals surface area contributed by atoms with E-state index >= 15 is 0 Å². The third-order valence-corrected chi connectivity index (χ3v) is 5.46. The lowest BCUT2D eigenvalue weighted by Crippen LogP contribution is -2.27. The van der Waals surface area contributed by atoms with E-state index < -0.39 is 6.55 Å². The Hall–Kier alpha value is -3.62. The van der Waals surface area contributed by atoms with Gasteiger partial charge >= 0.3 is 6.55 Å². The first-order chi connectivity index (χ1) is 17.2. The number of unbranched alkanes of at least 4 members (excludes halogenated alkanes) is 1. The number of hydrogen-bond acceptors (Lipinski definition) is 5. The summed E-state index contributed by atoms with van der Waals surface area (Å²) in [6, 6.07) is -0.289. The van der Waals surface area contributed by atoms with Crippen LogP contribution in [0.1, 0.15) is 66.0 Å². The highest BCUT2D eigenvalue weighted by molar-refractivity contribution is 6.17. The van der Waals surface area contributed by atoms with Gasteiger partial charge in [0.1, 0.15) is 0 Å². The number of alkyl halides is 2. The molecule has 1 aromatic heterocycles. The number of carbonyl (C=O) groups is 1. The number of allylic oxidation sites excluding steroid dienone is 5. The number of likely N-dealkylation sites (N-methyl/N-ethyl adjacent to an activating group) is 1. The van der Waals surface area contributed by atoms with E-state index in [1.807, 2.05) is 40.0 Å². The fourth-order valence-electron chi connectivity index (χ4n) is 3.22. The molecule has 7 nitrogen and oxygen atoms in total. The summed E-state index contributed by atoms with van der Waals surface area (Å²) in [5, 5.41) is 9.84. The summed E-state index contributed by atoms with van der Waals surface area (Å²) in [4.78, 5) is 22.4. The number of hydrogen-bond donors (Lipinski definition) is 2. The number of amides is 1. The maximum absolute atomic E-state index is 13.3. The third kappa shape index (κ3) is 8.25. The molecule has 1 aliphatic rings. The van der Waals surface area contributed by atoms with Crippen molar-refractivity contribution in [1.29, 1.82) is 0 Å². The van der Waals surface area contributed by atoms with Gasteiger partial charge in [-0.25, -0.2) is 4.68 Å². The van der Waals surface area contributed by atoms with Crippen molar-refractivity contribution in [2.75, 3.05) is 7.05 Å². The smallest absolute Gasteiger partial charge is 0.333 e. The molecule has 1 aromatic rings. The van der Waals surface area contributed by atoms with Crippen molar-refractivity contribution >= 4 is 24.0 Å². The number of halogens is 2. The predicted octanol–water partition coefficient (Wildman–Crippen LogP) is 5.74. The Morgan fingerprint density at radius 2 is 2.00 bits per heavy atom. The van der Waals surface area contributed by atoms with Crippen molar-refractivity contribution in [2.45, 2.75) is 66.5 Å². The van der Waals surface area contributed by atoms with Gasteiger partial charge in [0, 0.05) is 42.6 Å². The van der Waals surface area contributed by atoms with Crippen molar-refractivity contribution in [3.8, 4) is 0 Å². The average Bonchev–Trinajstić information content (AvgIpc) is 3.36. The fourth-order valence-corrected chi connectivity index (χ4v) is 3.22. The summed E-state index contributed by atoms with van der Waals surface area (Å²) in [6.45, 7) is 6.96. The Morgan fingerprint density at radius 3 is 2.58 bits per heavy atom. The van der Waals surface area contributed by atoms with Crippen molar-refractivity contribution in [1.82, 2.24) is 20.4 Å². The topological polar surface area (TPSA) is 83.7 Å². The Labute approximate surface area is 212 Å². The normalized spacial score (nSPS) is 18.6. The first-order valence-corrected chi connectivity index (χ1v) is 12.1.